The highest BCUT2D eigenvalue weighted by Gasteiger charge is 2.00. The van der Waals surface area contributed by atoms with E-state index in [9.17, 15) is 0 Å². The summed E-state index contributed by atoms with van der Waals surface area (Å²) in [6.07, 6.45) is 0. The Bertz CT molecular complexity index is 189. The number of nitrogens with two attached hydrogens (primary N) is 1. The van der Waals surface area contributed by atoms with E-state index in [2.05, 4.69) is 0 Å². The summed E-state index contributed by atoms with van der Waals surface area (Å²) in [5.74, 6) is 0.476. The number of rotatable bonds is 2. The molecule has 0 amide bonds. The first kappa shape index (κ1) is 10.8. The Morgan fingerprint density at radius 3 is 2.27 bits per heavy atom. The van der Waals surface area contributed by atoms with Gasteiger partial charge in [-0.2, -0.15) is 0 Å². The van der Waals surface area contributed by atoms with Crippen LogP contribution in [-0.2, 0) is 0 Å². The number of alkyl halides is 1. The Hall–Kier alpha value is -0.240. The lowest BCUT2D eigenvalue weighted by Crippen LogP contribution is -2.10. The monoisotopic (exact) mass is 191 g/mol. The van der Waals surface area contributed by atoms with Gasteiger partial charge in [-0.05, 0) is 5.56 Å². The van der Waals surface area contributed by atoms with Gasteiger partial charge in [0.05, 0.1) is 0 Å². The topological polar surface area (TPSA) is 26.0 Å². The van der Waals surface area contributed by atoms with E-state index in [-0.39, 0.29) is 18.4 Å². The first-order valence-electron chi connectivity index (χ1n) is 3.21. The summed E-state index contributed by atoms with van der Waals surface area (Å²) < 4.78 is 0. The van der Waals surface area contributed by atoms with Crippen molar-refractivity contribution in [2.75, 3.05) is 5.88 Å². The van der Waals surface area contributed by atoms with E-state index in [1.54, 1.807) is 0 Å². The lowest BCUT2D eigenvalue weighted by Gasteiger charge is -2.05. The SMILES string of the molecule is Cl.N[C@@H](CCl)c1ccccc1. The molecule has 0 heterocycles. The van der Waals surface area contributed by atoms with E-state index in [4.69, 9.17) is 17.3 Å². The third-order valence-electron chi connectivity index (χ3n) is 1.39. The third-order valence-corrected chi connectivity index (χ3v) is 1.73. The third kappa shape index (κ3) is 3.10. The predicted molar refractivity (Wildman–Crippen MR) is 51.3 cm³/mol. The van der Waals surface area contributed by atoms with Crippen molar-refractivity contribution in [2.24, 2.45) is 5.73 Å². The Morgan fingerprint density at radius 1 is 1.27 bits per heavy atom. The van der Waals surface area contributed by atoms with Gasteiger partial charge in [0.1, 0.15) is 0 Å². The lowest BCUT2D eigenvalue weighted by atomic mass is 10.1. The second-order valence-corrected chi connectivity index (χ2v) is 2.48. The maximum absolute atomic E-state index is 5.66. The molecule has 1 nitrogen and oxygen atoms in total. The molecule has 0 bridgehead atoms. The van der Waals surface area contributed by atoms with Gasteiger partial charge in [0.15, 0.2) is 0 Å². The average Bonchev–Trinajstić information content (AvgIpc) is 2.05. The van der Waals surface area contributed by atoms with Gasteiger partial charge in [-0.15, -0.1) is 24.0 Å². The summed E-state index contributed by atoms with van der Waals surface area (Å²) in [7, 11) is 0. The molecule has 0 aromatic heterocycles. The maximum atomic E-state index is 5.66. The summed E-state index contributed by atoms with van der Waals surface area (Å²) in [5.41, 5.74) is 6.76. The van der Waals surface area contributed by atoms with Crippen LogP contribution in [0.4, 0.5) is 0 Å². The van der Waals surface area contributed by atoms with E-state index >= 15 is 0 Å². The fourth-order valence-electron chi connectivity index (χ4n) is 0.789. The van der Waals surface area contributed by atoms with Crippen LogP contribution in [0.5, 0.6) is 0 Å². The quantitative estimate of drug-likeness (QED) is 0.715. The minimum atomic E-state index is -0.0251. The zero-order chi connectivity index (χ0) is 7.40. The van der Waals surface area contributed by atoms with Gasteiger partial charge in [-0.3, -0.25) is 0 Å². The number of benzene rings is 1. The largest absolute Gasteiger partial charge is 0.323 e. The van der Waals surface area contributed by atoms with Crippen LogP contribution in [0.3, 0.4) is 0 Å². The molecule has 1 atom stereocenters. The van der Waals surface area contributed by atoms with Gasteiger partial charge in [0.2, 0.25) is 0 Å². The smallest absolute Gasteiger partial charge is 0.0432 e. The van der Waals surface area contributed by atoms with Crippen LogP contribution in [0.15, 0.2) is 30.3 Å². The lowest BCUT2D eigenvalue weighted by molar-refractivity contribution is 0.826. The highest BCUT2D eigenvalue weighted by Crippen LogP contribution is 2.09. The molecule has 0 spiro atoms. The first-order chi connectivity index (χ1) is 4.84. The van der Waals surface area contributed by atoms with Crippen molar-refractivity contribution in [1.29, 1.82) is 0 Å². The molecule has 0 saturated heterocycles. The number of halogens is 2. The molecule has 0 aliphatic carbocycles. The summed E-state index contributed by atoms with van der Waals surface area (Å²) in [4.78, 5) is 0. The number of hydrogen-bond acceptors (Lipinski definition) is 1. The van der Waals surface area contributed by atoms with E-state index in [0.717, 1.165) is 5.56 Å². The van der Waals surface area contributed by atoms with E-state index in [1.807, 2.05) is 30.3 Å². The minimum absolute atomic E-state index is 0. The highest BCUT2D eigenvalue weighted by molar-refractivity contribution is 6.18. The van der Waals surface area contributed by atoms with E-state index < -0.39 is 0 Å². The molecule has 0 unspecified atom stereocenters. The van der Waals surface area contributed by atoms with Crippen molar-refractivity contribution in [2.45, 2.75) is 6.04 Å². The summed E-state index contributed by atoms with van der Waals surface area (Å²) in [6.45, 7) is 0. The van der Waals surface area contributed by atoms with Crippen LogP contribution in [0.2, 0.25) is 0 Å². The highest BCUT2D eigenvalue weighted by atomic mass is 35.5. The predicted octanol–water partition coefficient (Wildman–Crippen LogP) is 2.35. The molecule has 0 aliphatic heterocycles. The summed E-state index contributed by atoms with van der Waals surface area (Å²) in [5, 5.41) is 0. The van der Waals surface area contributed by atoms with Crippen molar-refractivity contribution in [3.05, 3.63) is 35.9 Å². The van der Waals surface area contributed by atoms with Crippen LogP contribution in [0.25, 0.3) is 0 Å². The molecule has 1 aromatic carbocycles. The molecule has 0 radical (unpaired) electrons. The second-order valence-electron chi connectivity index (χ2n) is 2.17. The molecule has 0 fully saturated rings. The maximum Gasteiger partial charge on any atom is 0.0432 e. The summed E-state index contributed by atoms with van der Waals surface area (Å²) in [6, 6.07) is 9.82. The molecular weight excluding hydrogens is 181 g/mol. The minimum Gasteiger partial charge on any atom is -0.323 e. The fourth-order valence-corrected chi connectivity index (χ4v) is 0.967. The normalized spacial score (nSPS) is 11.8. The van der Waals surface area contributed by atoms with Gasteiger partial charge in [0, 0.05) is 11.9 Å². The van der Waals surface area contributed by atoms with Gasteiger partial charge < -0.3 is 5.73 Å². The van der Waals surface area contributed by atoms with Gasteiger partial charge >= 0.3 is 0 Å². The molecule has 62 valence electrons. The second kappa shape index (κ2) is 5.42. The Balaban J connectivity index is 0.000001000. The van der Waals surface area contributed by atoms with Crippen molar-refractivity contribution >= 4 is 24.0 Å². The molecular formula is C8H11Cl2N. The van der Waals surface area contributed by atoms with E-state index in [1.165, 1.54) is 0 Å². The molecule has 0 aliphatic rings. The zero-order valence-electron chi connectivity index (χ0n) is 6.03. The Kier molecular flexibility index (Phi) is 5.30. The molecule has 11 heavy (non-hydrogen) atoms. The van der Waals surface area contributed by atoms with Crippen LogP contribution in [-0.4, -0.2) is 5.88 Å². The van der Waals surface area contributed by atoms with E-state index in [0.29, 0.717) is 5.88 Å². The van der Waals surface area contributed by atoms with Crippen LogP contribution < -0.4 is 5.73 Å². The number of hydrogen-bond donors (Lipinski definition) is 1. The Morgan fingerprint density at radius 2 is 1.82 bits per heavy atom. The summed E-state index contributed by atoms with van der Waals surface area (Å²) >= 11 is 5.56. The van der Waals surface area contributed by atoms with Crippen LogP contribution in [0, 0.1) is 0 Å². The van der Waals surface area contributed by atoms with Crippen LogP contribution >= 0.6 is 24.0 Å². The molecule has 1 rings (SSSR count). The molecule has 0 saturated carbocycles. The Labute approximate surface area is 78.0 Å². The molecule has 3 heteroatoms. The van der Waals surface area contributed by atoms with Crippen molar-refractivity contribution in [3.8, 4) is 0 Å². The zero-order valence-corrected chi connectivity index (χ0v) is 7.61. The van der Waals surface area contributed by atoms with Crippen molar-refractivity contribution in [1.82, 2.24) is 0 Å². The fraction of sp³-hybridized carbons (Fsp3) is 0.250. The first-order valence-corrected chi connectivity index (χ1v) is 3.74. The van der Waals surface area contributed by atoms with Crippen molar-refractivity contribution < 1.29 is 0 Å². The average molecular weight is 192 g/mol. The van der Waals surface area contributed by atoms with Gasteiger partial charge in [-0.25, -0.2) is 0 Å². The van der Waals surface area contributed by atoms with Gasteiger partial charge in [0.25, 0.3) is 0 Å². The molecule has 2 N–H and O–H groups in total. The molecule has 1 aromatic rings. The van der Waals surface area contributed by atoms with Crippen molar-refractivity contribution in [3.63, 3.8) is 0 Å². The van der Waals surface area contributed by atoms with Gasteiger partial charge in [-0.1, -0.05) is 30.3 Å². The van der Waals surface area contributed by atoms with Crippen LogP contribution in [0.1, 0.15) is 11.6 Å². The standard InChI is InChI=1S/C8H10ClN.ClH/c9-6-8(10)7-4-2-1-3-5-7;/h1-5,8H,6,10H2;1H/t8-;/m0./s1.